The minimum atomic E-state index is 0.520. The molecule has 0 spiro atoms. The zero-order valence-corrected chi connectivity index (χ0v) is 8.22. The van der Waals surface area contributed by atoms with E-state index in [-0.39, 0.29) is 0 Å². The second-order valence-electron chi connectivity index (χ2n) is 3.04. The van der Waals surface area contributed by atoms with Crippen molar-refractivity contribution in [3.63, 3.8) is 0 Å². The largest absolute Gasteiger partial charge is 0.372 e. The van der Waals surface area contributed by atoms with Crippen molar-refractivity contribution in [1.82, 2.24) is 9.55 Å². The molecule has 0 aliphatic rings. The van der Waals surface area contributed by atoms with Crippen LogP contribution in [0.15, 0.2) is 43.0 Å². The monoisotopic (exact) mass is 197 g/mol. The fourth-order valence-electron chi connectivity index (χ4n) is 1.40. The molecule has 0 unspecified atom stereocenters. The number of benzene rings is 1. The summed E-state index contributed by atoms with van der Waals surface area (Å²) in [5.41, 5.74) is 2.05. The molecule has 0 saturated heterocycles. The van der Waals surface area contributed by atoms with Gasteiger partial charge >= 0.3 is 0 Å². The Morgan fingerprint density at radius 1 is 1.40 bits per heavy atom. The molecule has 0 aliphatic heterocycles. The average molecular weight is 197 g/mol. The number of rotatable bonds is 3. The van der Waals surface area contributed by atoms with Crippen LogP contribution < -0.4 is 5.32 Å². The lowest BCUT2D eigenvalue weighted by atomic mass is 10.2. The fourth-order valence-corrected chi connectivity index (χ4v) is 1.40. The van der Waals surface area contributed by atoms with Crippen molar-refractivity contribution in [3.8, 4) is 18.0 Å². The Morgan fingerprint density at radius 2 is 2.27 bits per heavy atom. The second kappa shape index (κ2) is 4.34. The Balaban J connectivity index is 2.35. The van der Waals surface area contributed by atoms with Crippen LogP contribution in [0.4, 0.5) is 5.69 Å². The average Bonchev–Trinajstić information content (AvgIpc) is 2.80. The molecule has 1 aromatic carbocycles. The van der Waals surface area contributed by atoms with E-state index >= 15 is 0 Å². The summed E-state index contributed by atoms with van der Waals surface area (Å²) >= 11 is 0. The summed E-state index contributed by atoms with van der Waals surface area (Å²) in [6.07, 6.45) is 10.6. The first-order chi connectivity index (χ1) is 7.42. The summed E-state index contributed by atoms with van der Waals surface area (Å²) in [6, 6.07) is 7.96. The lowest BCUT2D eigenvalue weighted by molar-refractivity contribution is 1.05. The number of anilines is 1. The normalized spacial score (nSPS) is 9.53. The first-order valence-electron chi connectivity index (χ1n) is 4.66. The molecule has 0 aliphatic carbocycles. The first-order valence-corrected chi connectivity index (χ1v) is 4.66. The number of hydrogen-bond donors (Lipinski definition) is 1. The van der Waals surface area contributed by atoms with Crippen LogP contribution in [0, 0.1) is 12.3 Å². The maximum absolute atomic E-state index is 5.21. The molecule has 15 heavy (non-hydrogen) atoms. The van der Waals surface area contributed by atoms with Gasteiger partial charge in [0, 0.05) is 12.4 Å². The Morgan fingerprint density at radius 3 is 3.00 bits per heavy atom. The summed E-state index contributed by atoms with van der Waals surface area (Å²) in [6.45, 7) is 0.520. The van der Waals surface area contributed by atoms with E-state index in [4.69, 9.17) is 6.42 Å². The SMILES string of the molecule is C#CCNc1ccccc1-n1ccnc1. The summed E-state index contributed by atoms with van der Waals surface area (Å²) in [5.74, 6) is 2.55. The highest BCUT2D eigenvalue weighted by Gasteiger charge is 2.01. The highest BCUT2D eigenvalue weighted by Crippen LogP contribution is 2.18. The molecule has 0 bridgehead atoms. The second-order valence-corrected chi connectivity index (χ2v) is 3.04. The molecule has 2 aromatic rings. The van der Waals surface area contributed by atoms with Gasteiger partial charge in [-0.05, 0) is 12.1 Å². The number of nitrogens with zero attached hydrogens (tertiary/aromatic N) is 2. The molecular formula is C12H11N3. The van der Waals surface area contributed by atoms with E-state index in [0.717, 1.165) is 11.4 Å². The molecule has 0 fully saturated rings. The number of imidazole rings is 1. The Labute approximate surface area is 88.8 Å². The smallest absolute Gasteiger partial charge is 0.0992 e. The number of terminal acetylenes is 1. The Kier molecular flexibility index (Phi) is 2.70. The van der Waals surface area contributed by atoms with Crippen molar-refractivity contribution in [2.24, 2.45) is 0 Å². The molecule has 1 aromatic heterocycles. The lowest BCUT2D eigenvalue weighted by Gasteiger charge is -2.10. The highest BCUT2D eigenvalue weighted by molar-refractivity contribution is 5.61. The minimum absolute atomic E-state index is 0.520. The van der Waals surface area contributed by atoms with E-state index < -0.39 is 0 Å². The van der Waals surface area contributed by atoms with E-state index in [1.165, 1.54) is 0 Å². The van der Waals surface area contributed by atoms with Gasteiger partial charge in [0.2, 0.25) is 0 Å². The summed E-state index contributed by atoms with van der Waals surface area (Å²) < 4.78 is 1.94. The van der Waals surface area contributed by atoms with Crippen LogP contribution in [0.2, 0.25) is 0 Å². The quantitative estimate of drug-likeness (QED) is 0.762. The Hall–Kier alpha value is -2.21. The number of nitrogens with one attached hydrogen (secondary N) is 1. The van der Waals surface area contributed by atoms with Crippen molar-refractivity contribution in [2.45, 2.75) is 0 Å². The van der Waals surface area contributed by atoms with E-state index in [2.05, 4.69) is 16.2 Å². The molecule has 74 valence electrons. The molecule has 0 saturated carbocycles. The standard InChI is InChI=1S/C12H11N3/c1-2-7-14-11-5-3-4-6-12(11)15-9-8-13-10-15/h1,3-6,8-10,14H,7H2. The van der Waals surface area contributed by atoms with Crippen LogP contribution in [-0.2, 0) is 0 Å². The molecule has 0 amide bonds. The Bertz CT molecular complexity index is 466. The maximum atomic E-state index is 5.21. The third-order valence-corrected chi connectivity index (χ3v) is 2.07. The summed E-state index contributed by atoms with van der Waals surface area (Å²) in [4.78, 5) is 4.01. The lowest BCUT2D eigenvalue weighted by Crippen LogP contribution is -2.03. The van der Waals surface area contributed by atoms with Crippen LogP contribution in [0.1, 0.15) is 0 Å². The van der Waals surface area contributed by atoms with Gasteiger partial charge < -0.3 is 9.88 Å². The summed E-state index contributed by atoms with van der Waals surface area (Å²) in [5, 5.41) is 3.17. The van der Waals surface area contributed by atoms with Crippen molar-refractivity contribution in [1.29, 1.82) is 0 Å². The third-order valence-electron chi connectivity index (χ3n) is 2.07. The zero-order valence-electron chi connectivity index (χ0n) is 8.22. The van der Waals surface area contributed by atoms with Crippen LogP contribution in [-0.4, -0.2) is 16.1 Å². The number of para-hydroxylation sites is 2. The van der Waals surface area contributed by atoms with E-state index in [1.54, 1.807) is 12.5 Å². The van der Waals surface area contributed by atoms with Crippen molar-refractivity contribution in [3.05, 3.63) is 43.0 Å². The molecule has 0 atom stereocenters. The van der Waals surface area contributed by atoms with Gasteiger partial charge in [0.25, 0.3) is 0 Å². The predicted octanol–water partition coefficient (Wildman–Crippen LogP) is 1.92. The fraction of sp³-hybridized carbons (Fsp3) is 0.0833. The molecular weight excluding hydrogens is 186 g/mol. The van der Waals surface area contributed by atoms with E-state index in [0.29, 0.717) is 6.54 Å². The van der Waals surface area contributed by atoms with Crippen LogP contribution >= 0.6 is 0 Å². The van der Waals surface area contributed by atoms with Crippen LogP contribution in [0.3, 0.4) is 0 Å². The van der Waals surface area contributed by atoms with Crippen molar-refractivity contribution >= 4 is 5.69 Å². The molecule has 1 heterocycles. The topological polar surface area (TPSA) is 29.9 Å². The zero-order chi connectivity index (χ0) is 10.5. The molecule has 0 radical (unpaired) electrons. The highest BCUT2D eigenvalue weighted by atomic mass is 15.0. The molecule has 1 N–H and O–H groups in total. The van der Waals surface area contributed by atoms with Crippen LogP contribution in [0.5, 0.6) is 0 Å². The van der Waals surface area contributed by atoms with E-state index in [9.17, 15) is 0 Å². The van der Waals surface area contributed by atoms with Crippen LogP contribution in [0.25, 0.3) is 5.69 Å². The van der Waals surface area contributed by atoms with Gasteiger partial charge in [-0.15, -0.1) is 6.42 Å². The molecule has 3 nitrogen and oxygen atoms in total. The minimum Gasteiger partial charge on any atom is -0.372 e. The maximum Gasteiger partial charge on any atom is 0.0992 e. The predicted molar refractivity (Wildman–Crippen MR) is 60.9 cm³/mol. The van der Waals surface area contributed by atoms with Crippen molar-refractivity contribution in [2.75, 3.05) is 11.9 Å². The number of hydrogen-bond acceptors (Lipinski definition) is 2. The van der Waals surface area contributed by atoms with E-state index in [1.807, 2.05) is 35.0 Å². The summed E-state index contributed by atoms with van der Waals surface area (Å²) in [7, 11) is 0. The van der Waals surface area contributed by atoms with Gasteiger partial charge in [0.05, 0.1) is 24.2 Å². The van der Waals surface area contributed by atoms with Gasteiger partial charge in [0.1, 0.15) is 0 Å². The van der Waals surface area contributed by atoms with Gasteiger partial charge in [-0.1, -0.05) is 18.1 Å². The van der Waals surface area contributed by atoms with Gasteiger partial charge in [-0.25, -0.2) is 4.98 Å². The molecule has 2 rings (SSSR count). The first kappa shape index (κ1) is 9.35. The van der Waals surface area contributed by atoms with Gasteiger partial charge in [0.15, 0.2) is 0 Å². The number of aromatic nitrogens is 2. The van der Waals surface area contributed by atoms with Gasteiger partial charge in [-0.3, -0.25) is 0 Å². The third kappa shape index (κ3) is 2.00. The van der Waals surface area contributed by atoms with Crippen molar-refractivity contribution < 1.29 is 0 Å². The molecule has 3 heteroatoms. The van der Waals surface area contributed by atoms with Gasteiger partial charge in [-0.2, -0.15) is 0 Å².